The third-order valence-corrected chi connectivity index (χ3v) is 4.54. The number of rotatable bonds is 5. The summed E-state index contributed by atoms with van der Waals surface area (Å²) in [7, 11) is 4.41. The lowest BCUT2D eigenvalue weighted by Gasteiger charge is -2.43. The van der Waals surface area contributed by atoms with Crippen molar-refractivity contribution in [2.24, 2.45) is 0 Å². The van der Waals surface area contributed by atoms with E-state index in [0.29, 0.717) is 5.54 Å². The van der Waals surface area contributed by atoms with Crippen LogP contribution in [0, 0.1) is 0 Å². The Morgan fingerprint density at radius 2 is 2.00 bits per heavy atom. The summed E-state index contributed by atoms with van der Waals surface area (Å²) in [4.78, 5) is 2.40. The van der Waals surface area contributed by atoms with Crippen molar-refractivity contribution in [3.8, 4) is 0 Å². The lowest BCUT2D eigenvalue weighted by atomic mass is 9.80. The Hall–Kier alpha value is -0.320. The van der Waals surface area contributed by atoms with Crippen molar-refractivity contribution in [3.05, 3.63) is 22.6 Å². The Balaban J connectivity index is 1.86. The van der Waals surface area contributed by atoms with E-state index >= 15 is 0 Å². The normalized spacial score (nSPS) is 19.3. The molecule has 1 aliphatic carbocycles. The molecule has 0 aromatic carbocycles. The van der Waals surface area contributed by atoms with Gasteiger partial charge >= 0.3 is 0 Å². The molecule has 0 saturated heterocycles. The standard InChI is InChI=1S/C14H23BrN2O/c1-17(2)14(8-4-3-5-9-14)11-16-10-12-6-7-13(15)18-12/h6-7,16H,3-5,8-11H2,1-2H3. The Morgan fingerprint density at radius 1 is 1.28 bits per heavy atom. The van der Waals surface area contributed by atoms with Crippen molar-refractivity contribution in [2.45, 2.75) is 44.2 Å². The van der Waals surface area contributed by atoms with Gasteiger partial charge in [-0.2, -0.15) is 0 Å². The molecule has 0 unspecified atom stereocenters. The highest BCUT2D eigenvalue weighted by molar-refractivity contribution is 9.10. The molecule has 4 heteroatoms. The van der Waals surface area contributed by atoms with Gasteiger partial charge in [0.15, 0.2) is 4.67 Å². The minimum atomic E-state index is 0.335. The summed E-state index contributed by atoms with van der Waals surface area (Å²) in [5, 5.41) is 3.55. The van der Waals surface area contributed by atoms with Crippen molar-refractivity contribution in [1.82, 2.24) is 10.2 Å². The second-order valence-electron chi connectivity index (χ2n) is 5.49. The molecule has 1 aliphatic rings. The van der Waals surface area contributed by atoms with Crippen LogP contribution in [0.25, 0.3) is 0 Å². The van der Waals surface area contributed by atoms with E-state index in [4.69, 9.17) is 4.42 Å². The van der Waals surface area contributed by atoms with Gasteiger partial charge in [0.05, 0.1) is 6.54 Å². The zero-order valence-corrected chi connectivity index (χ0v) is 12.9. The molecule has 0 spiro atoms. The molecule has 18 heavy (non-hydrogen) atoms. The maximum absolute atomic E-state index is 5.51. The topological polar surface area (TPSA) is 28.4 Å². The van der Waals surface area contributed by atoms with Crippen molar-refractivity contribution in [3.63, 3.8) is 0 Å². The maximum Gasteiger partial charge on any atom is 0.169 e. The first-order valence-corrected chi connectivity index (χ1v) is 7.54. The molecule has 1 N–H and O–H groups in total. The van der Waals surface area contributed by atoms with E-state index in [-0.39, 0.29) is 0 Å². The molecule has 0 bridgehead atoms. The number of hydrogen-bond donors (Lipinski definition) is 1. The molecule has 1 heterocycles. The molecular formula is C14H23BrN2O. The van der Waals surface area contributed by atoms with Gasteiger partial charge in [0.25, 0.3) is 0 Å². The molecule has 0 aliphatic heterocycles. The smallest absolute Gasteiger partial charge is 0.169 e. The average Bonchev–Trinajstić information content (AvgIpc) is 2.76. The van der Waals surface area contributed by atoms with Gasteiger partial charge in [-0.3, -0.25) is 0 Å². The fourth-order valence-electron chi connectivity index (χ4n) is 2.86. The van der Waals surface area contributed by atoms with Gasteiger partial charge in [0, 0.05) is 12.1 Å². The van der Waals surface area contributed by atoms with E-state index < -0.39 is 0 Å². The molecule has 1 aromatic heterocycles. The van der Waals surface area contributed by atoms with Crippen LogP contribution in [0.2, 0.25) is 0 Å². The van der Waals surface area contributed by atoms with Crippen LogP contribution in [0.3, 0.4) is 0 Å². The summed E-state index contributed by atoms with van der Waals surface area (Å²) in [6.07, 6.45) is 6.70. The summed E-state index contributed by atoms with van der Waals surface area (Å²) in [5.74, 6) is 0.992. The highest BCUT2D eigenvalue weighted by Gasteiger charge is 2.33. The number of nitrogens with one attached hydrogen (secondary N) is 1. The molecule has 0 amide bonds. The highest BCUT2D eigenvalue weighted by atomic mass is 79.9. The summed E-state index contributed by atoms with van der Waals surface area (Å²) in [6, 6.07) is 3.96. The summed E-state index contributed by atoms with van der Waals surface area (Å²) >= 11 is 3.33. The van der Waals surface area contributed by atoms with E-state index in [2.05, 4.69) is 40.2 Å². The predicted molar refractivity (Wildman–Crippen MR) is 77.6 cm³/mol. The SMILES string of the molecule is CN(C)C1(CNCc2ccc(Br)o2)CCCCC1. The van der Waals surface area contributed by atoms with E-state index in [9.17, 15) is 0 Å². The van der Waals surface area contributed by atoms with Gasteiger partial charge < -0.3 is 14.6 Å². The van der Waals surface area contributed by atoms with Gasteiger partial charge in [-0.1, -0.05) is 19.3 Å². The van der Waals surface area contributed by atoms with Crippen LogP contribution in [-0.2, 0) is 6.54 Å². The molecular weight excluding hydrogens is 292 g/mol. The second kappa shape index (κ2) is 6.22. The molecule has 1 aromatic rings. The first-order chi connectivity index (χ1) is 8.62. The molecule has 0 radical (unpaired) electrons. The second-order valence-corrected chi connectivity index (χ2v) is 6.27. The van der Waals surface area contributed by atoms with E-state index in [1.54, 1.807) is 0 Å². The highest BCUT2D eigenvalue weighted by Crippen LogP contribution is 2.31. The molecule has 3 nitrogen and oxygen atoms in total. The van der Waals surface area contributed by atoms with Crippen molar-refractivity contribution >= 4 is 15.9 Å². The van der Waals surface area contributed by atoms with E-state index in [0.717, 1.165) is 23.5 Å². The van der Waals surface area contributed by atoms with Crippen molar-refractivity contribution < 1.29 is 4.42 Å². The lowest BCUT2D eigenvalue weighted by molar-refractivity contribution is 0.0978. The van der Waals surface area contributed by atoms with Crippen LogP contribution in [0.1, 0.15) is 37.9 Å². The van der Waals surface area contributed by atoms with Crippen LogP contribution < -0.4 is 5.32 Å². The number of halogens is 1. The minimum Gasteiger partial charge on any atom is -0.453 e. The lowest BCUT2D eigenvalue weighted by Crippen LogP contribution is -2.52. The first kappa shape index (κ1) is 14.1. The minimum absolute atomic E-state index is 0.335. The summed E-state index contributed by atoms with van der Waals surface area (Å²) < 4.78 is 6.31. The van der Waals surface area contributed by atoms with Crippen LogP contribution in [0.15, 0.2) is 21.2 Å². The van der Waals surface area contributed by atoms with Gasteiger partial charge in [-0.25, -0.2) is 0 Å². The van der Waals surface area contributed by atoms with Crippen molar-refractivity contribution in [2.75, 3.05) is 20.6 Å². The monoisotopic (exact) mass is 314 g/mol. The third-order valence-electron chi connectivity index (χ3n) is 4.12. The van der Waals surface area contributed by atoms with Crippen LogP contribution in [0.4, 0.5) is 0 Å². The van der Waals surface area contributed by atoms with Gasteiger partial charge in [-0.05, 0) is 55.0 Å². The van der Waals surface area contributed by atoms with Gasteiger partial charge in [-0.15, -0.1) is 0 Å². The number of likely N-dealkylation sites (N-methyl/N-ethyl adjacent to an activating group) is 1. The summed E-state index contributed by atoms with van der Waals surface area (Å²) in [6.45, 7) is 1.85. The molecule has 0 atom stereocenters. The third kappa shape index (κ3) is 3.37. The van der Waals surface area contributed by atoms with E-state index in [1.165, 1.54) is 32.1 Å². The molecule has 1 fully saturated rings. The molecule has 102 valence electrons. The molecule has 1 saturated carbocycles. The Bertz CT molecular complexity index is 370. The van der Waals surface area contributed by atoms with Gasteiger partial charge in [0.1, 0.15) is 5.76 Å². The fourth-order valence-corrected chi connectivity index (χ4v) is 3.20. The fraction of sp³-hybridized carbons (Fsp3) is 0.714. The van der Waals surface area contributed by atoms with Crippen LogP contribution >= 0.6 is 15.9 Å². The average molecular weight is 315 g/mol. The maximum atomic E-state index is 5.51. The predicted octanol–water partition coefficient (Wildman–Crippen LogP) is 3.40. The Labute approximate surface area is 118 Å². The van der Waals surface area contributed by atoms with Crippen LogP contribution in [0.5, 0.6) is 0 Å². The van der Waals surface area contributed by atoms with Crippen molar-refractivity contribution in [1.29, 1.82) is 0 Å². The quantitative estimate of drug-likeness (QED) is 0.903. The zero-order chi connectivity index (χ0) is 13.0. The van der Waals surface area contributed by atoms with Gasteiger partial charge in [0.2, 0.25) is 0 Å². The van der Waals surface area contributed by atoms with E-state index in [1.807, 2.05) is 12.1 Å². The number of furan rings is 1. The zero-order valence-electron chi connectivity index (χ0n) is 11.3. The first-order valence-electron chi connectivity index (χ1n) is 6.75. The number of nitrogens with zero attached hydrogens (tertiary/aromatic N) is 1. The summed E-state index contributed by atoms with van der Waals surface area (Å²) in [5.41, 5.74) is 0.335. The largest absolute Gasteiger partial charge is 0.453 e. The number of hydrogen-bond acceptors (Lipinski definition) is 3. The molecule has 2 rings (SSSR count). The Morgan fingerprint density at radius 3 is 2.56 bits per heavy atom. The van der Waals surface area contributed by atoms with Crippen LogP contribution in [-0.4, -0.2) is 31.1 Å². The Kier molecular flexibility index (Phi) is 4.87.